The second-order valence-corrected chi connectivity index (χ2v) is 4.48. The van der Waals surface area contributed by atoms with E-state index in [-0.39, 0.29) is 0 Å². The van der Waals surface area contributed by atoms with E-state index in [2.05, 4.69) is 43.2 Å². The van der Waals surface area contributed by atoms with E-state index in [4.69, 9.17) is 5.73 Å². The van der Waals surface area contributed by atoms with Crippen LogP contribution in [-0.2, 0) is 6.54 Å². The lowest BCUT2D eigenvalue weighted by Gasteiger charge is -2.08. The molecule has 1 heterocycles. The molecule has 1 aromatic carbocycles. The molecule has 0 amide bonds. The van der Waals surface area contributed by atoms with Crippen molar-refractivity contribution < 1.29 is 0 Å². The number of aromatic nitrogens is 2. The first-order valence-corrected chi connectivity index (χ1v) is 5.94. The molecule has 17 heavy (non-hydrogen) atoms. The van der Waals surface area contributed by atoms with Crippen molar-refractivity contribution in [2.45, 2.75) is 27.3 Å². The van der Waals surface area contributed by atoms with Crippen LogP contribution >= 0.6 is 0 Å². The summed E-state index contributed by atoms with van der Waals surface area (Å²) in [5.74, 6) is 0. The van der Waals surface area contributed by atoms with Crippen LogP contribution in [0.15, 0.2) is 24.3 Å². The Balaban J connectivity index is 2.47. The molecule has 2 N–H and O–H groups in total. The van der Waals surface area contributed by atoms with Gasteiger partial charge in [-0.3, -0.25) is 4.68 Å². The minimum atomic E-state index is 0.610. The molecule has 1 aromatic heterocycles. The van der Waals surface area contributed by atoms with Gasteiger partial charge in [-0.05, 0) is 44.0 Å². The predicted molar refractivity (Wildman–Crippen MR) is 70.9 cm³/mol. The van der Waals surface area contributed by atoms with Gasteiger partial charge in [0.2, 0.25) is 0 Å². The molecule has 3 heteroatoms. The van der Waals surface area contributed by atoms with Crippen molar-refractivity contribution in [3.05, 3.63) is 41.1 Å². The van der Waals surface area contributed by atoms with E-state index < -0.39 is 0 Å². The average molecular weight is 229 g/mol. The largest absolute Gasteiger partial charge is 0.329 e. The summed E-state index contributed by atoms with van der Waals surface area (Å²) in [6.45, 7) is 7.64. The Hall–Kier alpha value is -1.61. The topological polar surface area (TPSA) is 43.8 Å². The third-order valence-electron chi connectivity index (χ3n) is 3.05. The lowest BCUT2D eigenvalue weighted by Crippen LogP contribution is -2.12. The average Bonchev–Trinajstić information content (AvgIpc) is 2.64. The van der Waals surface area contributed by atoms with Gasteiger partial charge in [0.1, 0.15) is 0 Å². The summed E-state index contributed by atoms with van der Waals surface area (Å²) in [5, 5.41) is 4.47. The van der Waals surface area contributed by atoms with Gasteiger partial charge in [0.25, 0.3) is 0 Å². The number of rotatable bonds is 3. The lowest BCUT2D eigenvalue weighted by atomic mass is 10.0. The monoisotopic (exact) mass is 229 g/mol. The van der Waals surface area contributed by atoms with Gasteiger partial charge in [-0.25, -0.2) is 0 Å². The molecule has 0 saturated heterocycles. The lowest BCUT2D eigenvalue weighted by molar-refractivity contribution is 0.626. The SMILES string of the molecule is Cc1cc(-c2ccc(C)c(C)c2)n(CCN)n1. The first kappa shape index (κ1) is 11.9. The van der Waals surface area contributed by atoms with Crippen molar-refractivity contribution >= 4 is 0 Å². The molecule has 0 aliphatic carbocycles. The van der Waals surface area contributed by atoms with Gasteiger partial charge in [-0.2, -0.15) is 5.10 Å². The number of nitrogens with two attached hydrogens (primary N) is 1. The van der Waals surface area contributed by atoms with Crippen molar-refractivity contribution in [3.63, 3.8) is 0 Å². The molecule has 2 aromatic rings. The Morgan fingerprint density at radius 3 is 2.53 bits per heavy atom. The van der Waals surface area contributed by atoms with Gasteiger partial charge in [0, 0.05) is 12.1 Å². The second kappa shape index (κ2) is 4.72. The molecule has 0 saturated carbocycles. The highest BCUT2D eigenvalue weighted by Gasteiger charge is 2.08. The highest BCUT2D eigenvalue weighted by atomic mass is 15.3. The first-order chi connectivity index (χ1) is 8.11. The van der Waals surface area contributed by atoms with Crippen LogP contribution in [0.3, 0.4) is 0 Å². The molecule has 0 spiro atoms. The van der Waals surface area contributed by atoms with E-state index in [1.807, 2.05) is 11.6 Å². The van der Waals surface area contributed by atoms with Crippen LogP contribution in [0.25, 0.3) is 11.3 Å². The van der Waals surface area contributed by atoms with E-state index in [1.54, 1.807) is 0 Å². The Labute approximate surface area is 102 Å². The summed E-state index contributed by atoms with van der Waals surface area (Å²) in [6, 6.07) is 8.62. The molecule has 0 aliphatic heterocycles. The van der Waals surface area contributed by atoms with Crippen molar-refractivity contribution in [1.82, 2.24) is 9.78 Å². The van der Waals surface area contributed by atoms with Gasteiger partial charge in [-0.1, -0.05) is 12.1 Å². The minimum absolute atomic E-state index is 0.610. The van der Waals surface area contributed by atoms with Crippen LogP contribution in [0.1, 0.15) is 16.8 Å². The Kier molecular flexibility index (Phi) is 3.29. The van der Waals surface area contributed by atoms with E-state index in [0.717, 1.165) is 17.9 Å². The Bertz CT molecular complexity index is 526. The quantitative estimate of drug-likeness (QED) is 0.878. The first-order valence-electron chi connectivity index (χ1n) is 5.94. The Morgan fingerprint density at radius 2 is 1.88 bits per heavy atom. The predicted octanol–water partition coefficient (Wildman–Crippen LogP) is 2.43. The Morgan fingerprint density at radius 1 is 1.12 bits per heavy atom. The number of benzene rings is 1. The number of nitrogens with zero attached hydrogens (tertiary/aromatic N) is 2. The summed E-state index contributed by atoms with van der Waals surface area (Å²) in [4.78, 5) is 0. The van der Waals surface area contributed by atoms with E-state index >= 15 is 0 Å². The van der Waals surface area contributed by atoms with Crippen LogP contribution in [-0.4, -0.2) is 16.3 Å². The van der Waals surface area contributed by atoms with Crippen LogP contribution in [0, 0.1) is 20.8 Å². The number of hydrogen-bond acceptors (Lipinski definition) is 2. The molecule has 90 valence electrons. The van der Waals surface area contributed by atoms with Crippen molar-refractivity contribution in [3.8, 4) is 11.3 Å². The third-order valence-corrected chi connectivity index (χ3v) is 3.05. The normalized spacial score (nSPS) is 10.8. The second-order valence-electron chi connectivity index (χ2n) is 4.48. The summed E-state index contributed by atoms with van der Waals surface area (Å²) in [7, 11) is 0. The highest BCUT2D eigenvalue weighted by molar-refractivity contribution is 5.61. The molecule has 2 rings (SSSR count). The minimum Gasteiger partial charge on any atom is -0.329 e. The van der Waals surface area contributed by atoms with Crippen molar-refractivity contribution in [2.24, 2.45) is 5.73 Å². The van der Waals surface area contributed by atoms with E-state index in [0.29, 0.717) is 6.54 Å². The molecular weight excluding hydrogens is 210 g/mol. The van der Waals surface area contributed by atoms with Gasteiger partial charge in [-0.15, -0.1) is 0 Å². The molecule has 3 nitrogen and oxygen atoms in total. The smallest absolute Gasteiger partial charge is 0.0685 e. The number of hydrogen-bond donors (Lipinski definition) is 1. The maximum atomic E-state index is 5.61. The molecule has 0 unspecified atom stereocenters. The van der Waals surface area contributed by atoms with E-state index in [9.17, 15) is 0 Å². The summed E-state index contributed by atoms with van der Waals surface area (Å²) in [5.41, 5.74) is 11.6. The molecular formula is C14H19N3. The number of aryl methyl sites for hydroxylation is 3. The fourth-order valence-corrected chi connectivity index (χ4v) is 1.97. The fraction of sp³-hybridized carbons (Fsp3) is 0.357. The highest BCUT2D eigenvalue weighted by Crippen LogP contribution is 2.23. The third kappa shape index (κ3) is 2.39. The van der Waals surface area contributed by atoms with Gasteiger partial charge < -0.3 is 5.73 Å². The zero-order valence-electron chi connectivity index (χ0n) is 10.7. The van der Waals surface area contributed by atoms with E-state index in [1.165, 1.54) is 16.7 Å². The van der Waals surface area contributed by atoms with Crippen molar-refractivity contribution in [1.29, 1.82) is 0 Å². The maximum Gasteiger partial charge on any atom is 0.0685 e. The zero-order chi connectivity index (χ0) is 12.4. The molecule has 0 radical (unpaired) electrons. The molecule has 0 aliphatic rings. The summed E-state index contributed by atoms with van der Waals surface area (Å²) in [6.07, 6.45) is 0. The van der Waals surface area contributed by atoms with Gasteiger partial charge in [0.05, 0.1) is 17.9 Å². The summed E-state index contributed by atoms with van der Waals surface area (Å²) >= 11 is 0. The van der Waals surface area contributed by atoms with Crippen LogP contribution < -0.4 is 5.73 Å². The zero-order valence-corrected chi connectivity index (χ0v) is 10.7. The van der Waals surface area contributed by atoms with Gasteiger partial charge in [0.15, 0.2) is 0 Å². The van der Waals surface area contributed by atoms with Crippen molar-refractivity contribution in [2.75, 3.05) is 6.54 Å². The molecule has 0 bridgehead atoms. The maximum absolute atomic E-state index is 5.61. The molecule has 0 atom stereocenters. The molecule has 0 fully saturated rings. The van der Waals surface area contributed by atoms with Crippen LogP contribution in [0.5, 0.6) is 0 Å². The standard InChI is InChI=1S/C14H19N3/c1-10-4-5-13(8-11(10)2)14-9-12(3)16-17(14)7-6-15/h4-5,8-9H,6-7,15H2,1-3H3. The van der Waals surface area contributed by atoms with Gasteiger partial charge >= 0.3 is 0 Å². The summed E-state index contributed by atoms with van der Waals surface area (Å²) < 4.78 is 1.99. The van der Waals surface area contributed by atoms with Crippen LogP contribution in [0.2, 0.25) is 0 Å². The fourth-order valence-electron chi connectivity index (χ4n) is 1.97. The van der Waals surface area contributed by atoms with Crippen LogP contribution in [0.4, 0.5) is 0 Å².